The minimum atomic E-state index is 0.0883. The van der Waals surface area contributed by atoms with E-state index in [1.807, 2.05) is 28.8 Å². The van der Waals surface area contributed by atoms with Gasteiger partial charge in [-0.25, -0.2) is 0 Å². The lowest BCUT2D eigenvalue weighted by Crippen LogP contribution is -2.43. The van der Waals surface area contributed by atoms with Crippen molar-refractivity contribution in [2.24, 2.45) is 0 Å². The summed E-state index contributed by atoms with van der Waals surface area (Å²) in [5.74, 6) is 0.0883. The molecular weight excluding hydrogens is 300 g/mol. The van der Waals surface area contributed by atoms with Crippen LogP contribution >= 0.6 is 23.1 Å². The lowest BCUT2D eigenvalue weighted by Gasteiger charge is -2.34. The van der Waals surface area contributed by atoms with E-state index >= 15 is 0 Å². The highest BCUT2D eigenvalue weighted by Crippen LogP contribution is 2.36. The van der Waals surface area contributed by atoms with Gasteiger partial charge in [0.2, 0.25) is 0 Å². The number of nitrogens with two attached hydrogens (primary N) is 1. The molecule has 0 bridgehead atoms. The summed E-state index contributed by atoms with van der Waals surface area (Å²) in [6.07, 6.45) is 0. The van der Waals surface area contributed by atoms with Crippen LogP contribution < -0.4 is 5.73 Å². The second-order valence-electron chi connectivity index (χ2n) is 5.81. The molecule has 0 saturated carbocycles. The highest BCUT2D eigenvalue weighted by atomic mass is 32.2. The average Bonchev–Trinajstić information content (AvgIpc) is 2.73. The monoisotopic (exact) mass is 320 g/mol. The summed E-state index contributed by atoms with van der Waals surface area (Å²) in [7, 11) is 0. The maximum Gasteiger partial charge on any atom is 0.266 e. The molecule has 21 heavy (non-hydrogen) atoms. The summed E-state index contributed by atoms with van der Waals surface area (Å²) in [6.45, 7) is 8.03. The lowest BCUT2D eigenvalue weighted by atomic mass is 10.1. The topological polar surface area (TPSA) is 46.3 Å². The fourth-order valence-corrected chi connectivity index (χ4v) is 5.38. The van der Waals surface area contributed by atoms with Crippen molar-refractivity contribution >= 4 is 44.8 Å². The molecule has 1 aromatic heterocycles. The molecule has 112 valence electrons. The number of thiophene rings is 1. The van der Waals surface area contributed by atoms with Crippen molar-refractivity contribution in [1.29, 1.82) is 0 Å². The van der Waals surface area contributed by atoms with Crippen LogP contribution in [0.4, 0.5) is 5.69 Å². The third-order valence-corrected chi connectivity index (χ3v) is 6.17. The van der Waals surface area contributed by atoms with Gasteiger partial charge in [0, 0.05) is 33.7 Å². The molecule has 5 heteroatoms. The number of benzene rings is 1. The number of nitrogens with zero attached hydrogens (tertiary/aromatic N) is 1. The first-order chi connectivity index (χ1) is 9.95. The van der Waals surface area contributed by atoms with Crippen molar-refractivity contribution in [1.82, 2.24) is 4.90 Å². The Kier molecular flexibility index (Phi) is 3.88. The van der Waals surface area contributed by atoms with Gasteiger partial charge < -0.3 is 10.6 Å². The number of rotatable bonds is 1. The van der Waals surface area contributed by atoms with Gasteiger partial charge in [0.05, 0.1) is 5.69 Å². The lowest BCUT2D eigenvalue weighted by molar-refractivity contribution is 0.0759. The summed E-state index contributed by atoms with van der Waals surface area (Å²) in [4.78, 5) is 15.5. The van der Waals surface area contributed by atoms with Gasteiger partial charge in [-0.15, -0.1) is 11.3 Å². The molecule has 1 aliphatic rings. The van der Waals surface area contributed by atoms with E-state index in [-0.39, 0.29) is 5.91 Å². The van der Waals surface area contributed by atoms with E-state index < -0.39 is 0 Å². The van der Waals surface area contributed by atoms with Crippen LogP contribution in [0.2, 0.25) is 0 Å². The molecule has 1 amide bonds. The maximum atomic E-state index is 12.8. The Bertz CT molecular complexity index is 685. The number of anilines is 1. The third-order valence-electron chi connectivity index (χ3n) is 3.78. The Hall–Kier alpha value is -1.20. The molecule has 2 atom stereocenters. The quantitative estimate of drug-likeness (QED) is 0.870. The number of hydrogen-bond acceptors (Lipinski definition) is 4. The number of thioether (sulfide) groups is 1. The number of carbonyl (C=O) groups is 1. The van der Waals surface area contributed by atoms with E-state index in [9.17, 15) is 4.79 Å². The molecule has 0 spiro atoms. The summed E-state index contributed by atoms with van der Waals surface area (Å²) in [6, 6.07) is 6.16. The Balaban J connectivity index is 1.96. The number of nitrogen functional groups attached to an aromatic ring is 1. The van der Waals surface area contributed by atoms with E-state index in [2.05, 4.69) is 26.8 Å². The molecule has 3 rings (SSSR count). The maximum absolute atomic E-state index is 12.8. The van der Waals surface area contributed by atoms with Gasteiger partial charge in [0.15, 0.2) is 0 Å². The van der Waals surface area contributed by atoms with Gasteiger partial charge in [-0.05, 0) is 18.6 Å². The van der Waals surface area contributed by atoms with Crippen molar-refractivity contribution in [3.8, 4) is 0 Å². The predicted molar refractivity (Wildman–Crippen MR) is 93.4 cm³/mol. The molecule has 2 N–H and O–H groups in total. The van der Waals surface area contributed by atoms with Gasteiger partial charge in [-0.1, -0.05) is 26.0 Å². The second kappa shape index (κ2) is 5.54. The fourth-order valence-electron chi connectivity index (χ4n) is 2.87. The van der Waals surface area contributed by atoms with Crippen molar-refractivity contribution < 1.29 is 4.79 Å². The van der Waals surface area contributed by atoms with E-state index in [4.69, 9.17) is 5.73 Å². The average molecular weight is 320 g/mol. The van der Waals surface area contributed by atoms with Gasteiger partial charge in [-0.2, -0.15) is 11.8 Å². The van der Waals surface area contributed by atoms with Gasteiger partial charge in [-0.3, -0.25) is 4.79 Å². The van der Waals surface area contributed by atoms with Crippen LogP contribution in [-0.4, -0.2) is 34.4 Å². The SMILES string of the molecule is Cc1ccc2c(N)c(C(=O)N3CC(C)SC(C)C3)sc2c1. The Morgan fingerprint density at radius 1 is 1.29 bits per heavy atom. The highest BCUT2D eigenvalue weighted by Gasteiger charge is 2.29. The largest absolute Gasteiger partial charge is 0.397 e. The van der Waals surface area contributed by atoms with E-state index in [1.165, 1.54) is 16.9 Å². The summed E-state index contributed by atoms with van der Waals surface area (Å²) < 4.78 is 1.10. The Morgan fingerprint density at radius 2 is 1.95 bits per heavy atom. The summed E-state index contributed by atoms with van der Waals surface area (Å²) in [5, 5.41) is 1.97. The van der Waals surface area contributed by atoms with Crippen LogP contribution in [0.15, 0.2) is 18.2 Å². The smallest absolute Gasteiger partial charge is 0.266 e. The third kappa shape index (κ3) is 2.77. The molecular formula is C16H20N2OS2. The first-order valence-corrected chi connectivity index (χ1v) is 8.95. The molecule has 0 radical (unpaired) electrons. The first kappa shape index (κ1) is 14.7. The van der Waals surface area contributed by atoms with Crippen LogP contribution in [0.5, 0.6) is 0 Å². The molecule has 1 aliphatic heterocycles. The number of carbonyl (C=O) groups excluding carboxylic acids is 1. The van der Waals surface area contributed by atoms with E-state index in [1.54, 1.807) is 0 Å². The molecule has 1 fully saturated rings. The molecule has 3 nitrogen and oxygen atoms in total. The van der Waals surface area contributed by atoms with Crippen molar-refractivity contribution in [3.05, 3.63) is 28.6 Å². The summed E-state index contributed by atoms with van der Waals surface area (Å²) in [5.41, 5.74) is 8.06. The highest BCUT2D eigenvalue weighted by molar-refractivity contribution is 8.00. The van der Waals surface area contributed by atoms with Crippen LogP contribution in [0.3, 0.4) is 0 Å². The predicted octanol–water partition coefficient (Wildman–Crippen LogP) is 3.76. The Morgan fingerprint density at radius 3 is 2.62 bits per heavy atom. The minimum absolute atomic E-state index is 0.0883. The van der Waals surface area contributed by atoms with Crippen molar-refractivity contribution in [2.75, 3.05) is 18.8 Å². The molecule has 2 heterocycles. The van der Waals surface area contributed by atoms with Crippen LogP contribution in [0.1, 0.15) is 29.1 Å². The van der Waals surface area contributed by atoms with Gasteiger partial charge >= 0.3 is 0 Å². The zero-order valence-electron chi connectivity index (χ0n) is 12.6. The molecule has 1 aromatic carbocycles. The number of fused-ring (bicyclic) bond motifs is 1. The molecule has 0 aliphatic carbocycles. The molecule has 2 aromatic rings. The number of amides is 1. The number of hydrogen-bond donors (Lipinski definition) is 1. The molecule has 1 saturated heterocycles. The van der Waals surface area contributed by atoms with E-state index in [0.717, 1.165) is 23.2 Å². The standard InChI is InChI=1S/C16H20N2OS2/c1-9-4-5-12-13(6-9)21-15(14(12)17)16(19)18-7-10(2)20-11(3)8-18/h4-6,10-11H,7-8,17H2,1-3H3. The van der Waals surface area contributed by atoms with Crippen LogP contribution in [0.25, 0.3) is 10.1 Å². The minimum Gasteiger partial charge on any atom is -0.397 e. The van der Waals surface area contributed by atoms with Gasteiger partial charge in [0.1, 0.15) is 4.88 Å². The van der Waals surface area contributed by atoms with Gasteiger partial charge in [0.25, 0.3) is 5.91 Å². The Labute approximate surface area is 133 Å². The van der Waals surface area contributed by atoms with Crippen LogP contribution in [0, 0.1) is 6.92 Å². The van der Waals surface area contributed by atoms with Crippen molar-refractivity contribution in [2.45, 2.75) is 31.3 Å². The van der Waals surface area contributed by atoms with Crippen LogP contribution in [-0.2, 0) is 0 Å². The normalized spacial score (nSPS) is 22.7. The second-order valence-corrected chi connectivity index (χ2v) is 8.75. The van der Waals surface area contributed by atoms with E-state index in [0.29, 0.717) is 21.1 Å². The summed E-state index contributed by atoms with van der Waals surface area (Å²) >= 11 is 3.47. The first-order valence-electron chi connectivity index (χ1n) is 7.19. The zero-order chi connectivity index (χ0) is 15.1. The molecule has 2 unspecified atom stereocenters. The van der Waals surface area contributed by atoms with Crippen molar-refractivity contribution in [3.63, 3.8) is 0 Å². The fraction of sp³-hybridized carbons (Fsp3) is 0.438. The zero-order valence-corrected chi connectivity index (χ0v) is 14.2. The number of aryl methyl sites for hydroxylation is 1.